The van der Waals surface area contributed by atoms with E-state index in [2.05, 4.69) is 26.3 Å². The van der Waals surface area contributed by atoms with Gasteiger partial charge in [-0.1, -0.05) is 26.3 Å². The molecule has 17 heteroatoms. The molecule has 2 unspecified atom stereocenters. The van der Waals surface area contributed by atoms with E-state index in [9.17, 15) is 19.2 Å². The van der Waals surface area contributed by atoms with Crippen molar-refractivity contribution in [2.24, 2.45) is 0 Å². The van der Waals surface area contributed by atoms with E-state index in [1.54, 1.807) is 27.7 Å². The van der Waals surface area contributed by atoms with E-state index in [-0.39, 0.29) is 132 Å². The van der Waals surface area contributed by atoms with Crippen molar-refractivity contribution in [3.05, 3.63) is 48.6 Å². The van der Waals surface area contributed by atoms with Gasteiger partial charge in [0.15, 0.2) is 0 Å². The largest absolute Gasteiger partial charge is 0.460 e. The fraction of sp³-hybridized carbons (Fsp3) is 0.684. The van der Waals surface area contributed by atoms with Gasteiger partial charge in [0.2, 0.25) is 0 Å². The molecule has 0 saturated carbocycles. The van der Waals surface area contributed by atoms with Crippen molar-refractivity contribution < 1.29 is 80.8 Å². The summed E-state index contributed by atoms with van der Waals surface area (Å²) in [5, 5.41) is 0. The van der Waals surface area contributed by atoms with Gasteiger partial charge in [0.25, 0.3) is 0 Å². The minimum absolute atomic E-state index is 0.0850. The van der Waals surface area contributed by atoms with E-state index in [1.165, 1.54) is 0 Å². The van der Waals surface area contributed by atoms with Gasteiger partial charge in [-0.2, -0.15) is 0 Å². The molecule has 17 nitrogen and oxygen atoms in total. The summed E-state index contributed by atoms with van der Waals surface area (Å²) in [6, 6.07) is 0. The summed E-state index contributed by atoms with van der Waals surface area (Å²) in [6.45, 7) is 24.1. The molecule has 0 fully saturated rings. The van der Waals surface area contributed by atoms with Crippen molar-refractivity contribution in [2.45, 2.75) is 39.9 Å². The number of hydrogen-bond acceptors (Lipinski definition) is 17. The predicted molar refractivity (Wildman–Crippen MR) is 198 cm³/mol. The van der Waals surface area contributed by atoms with Crippen LogP contribution in [0.2, 0.25) is 0 Å². The Morgan fingerprint density at radius 1 is 0.327 bits per heavy atom. The summed E-state index contributed by atoms with van der Waals surface area (Å²) >= 11 is 0. The number of esters is 4. The fourth-order valence-electron chi connectivity index (χ4n) is 3.51. The highest BCUT2D eigenvalue weighted by molar-refractivity contribution is 5.88. The van der Waals surface area contributed by atoms with E-state index in [0.717, 1.165) is 0 Å². The van der Waals surface area contributed by atoms with Crippen LogP contribution in [-0.4, -0.2) is 168 Å². The minimum Gasteiger partial charge on any atom is -0.460 e. The lowest BCUT2D eigenvalue weighted by atomic mass is 10.3. The zero-order valence-corrected chi connectivity index (χ0v) is 33.1. The number of rotatable bonds is 38. The highest BCUT2D eigenvalue weighted by Crippen LogP contribution is 2.02. The van der Waals surface area contributed by atoms with Gasteiger partial charge in [0.05, 0.1) is 106 Å². The maximum atomic E-state index is 11.5. The second kappa shape index (κ2) is 34.9. The second-order valence-corrected chi connectivity index (χ2v) is 11.8. The van der Waals surface area contributed by atoms with Crippen LogP contribution in [-0.2, 0) is 80.8 Å². The average Bonchev–Trinajstić information content (AvgIpc) is 3.14. The molecular weight excluding hydrogens is 728 g/mol. The molecule has 0 aromatic rings. The maximum absolute atomic E-state index is 11.5. The first-order valence-electron chi connectivity index (χ1n) is 17.9. The third-order valence-electron chi connectivity index (χ3n) is 6.36. The summed E-state index contributed by atoms with van der Waals surface area (Å²) in [4.78, 5) is 45.9. The lowest BCUT2D eigenvalue weighted by Gasteiger charge is -2.22. The van der Waals surface area contributed by atoms with Crippen LogP contribution in [0.3, 0.4) is 0 Å². The Hall–Kier alpha value is -3.52. The lowest BCUT2D eigenvalue weighted by Crippen LogP contribution is -2.32. The molecule has 0 aliphatic carbocycles. The molecule has 0 aromatic heterocycles. The molecule has 0 saturated heterocycles. The molecule has 0 bridgehead atoms. The Labute approximate surface area is 325 Å². The number of carbonyl (C=O) groups excluding carboxylic acids is 4. The predicted octanol–water partition coefficient (Wildman–Crippen LogP) is 2.35. The Kier molecular flexibility index (Phi) is 32.7. The highest BCUT2D eigenvalue weighted by atomic mass is 16.6. The molecule has 0 spiro atoms. The number of hydrogen-bond donors (Lipinski definition) is 0. The molecule has 0 aliphatic heterocycles. The maximum Gasteiger partial charge on any atom is 0.333 e. The molecule has 0 amide bonds. The standard InChI is InChI=1S/C38H62O17/c1-29(2)35(39)52-21-15-43-9-11-47-25-33(50-19-13-45-17-23-54-37(41)31(5)6)27-49-28-34(51-20-14-46-18-24-55-38(42)32(7)8)26-48-12-10-44-16-22-53-36(40)30(3)4/h33-34H,1,3,5,7,9-28H2,2,4,6,8H3. The minimum atomic E-state index is -0.486. The van der Waals surface area contributed by atoms with Crippen molar-refractivity contribution >= 4 is 23.9 Å². The lowest BCUT2D eigenvalue weighted by molar-refractivity contribution is -0.142. The Morgan fingerprint density at radius 3 is 0.818 bits per heavy atom. The first-order valence-corrected chi connectivity index (χ1v) is 17.9. The molecule has 0 N–H and O–H groups in total. The monoisotopic (exact) mass is 790 g/mol. The van der Waals surface area contributed by atoms with Gasteiger partial charge in [0, 0.05) is 22.3 Å². The molecule has 316 valence electrons. The molecule has 0 aromatic carbocycles. The van der Waals surface area contributed by atoms with E-state index >= 15 is 0 Å². The quantitative estimate of drug-likeness (QED) is 0.0383. The highest BCUT2D eigenvalue weighted by Gasteiger charge is 2.15. The van der Waals surface area contributed by atoms with Crippen LogP contribution >= 0.6 is 0 Å². The van der Waals surface area contributed by atoms with Gasteiger partial charge in [-0.15, -0.1) is 0 Å². The van der Waals surface area contributed by atoms with Crippen molar-refractivity contribution in [1.29, 1.82) is 0 Å². The van der Waals surface area contributed by atoms with E-state index in [0.29, 0.717) is 22.3 Å². The van der Waals surface area contributed by atoms with Gasteiger partial charge in [-0.25, -0.2) is 19.2 Å². The smallest absolute Gasteiger partial charge is 0.333 e. The molecular formula is C38H62O17. The number of ether oxygens (including phenoxy) is 13. The average molecular weight is 791 g/mol. The van der Waals surface area contributed by atoms with Gasteiger partial charge >= 0.3 is 23.9 Å². The zero-order valence-electron chi connectivity index (χ0n) is 33.1. The third-order valence-corrected chi connectivity index (χ3v) is 6.36. The van der Waals surface area contributed by atoms with Crippen molar-refractivity contribution in [3.63, 3.8) is 0 Å². The topological polar surface area (TPSA) is 188 Å². The van der Waals surface area contributed by atoms with Crippen LogP contribution in [0.5, 0.6) is 0 Å². The van der Waals surface area contributed by atoms with E-state index < -0.39 is 36.1 Å². The Balaban J connectivity index is 4.88. The summed E-state index contributed by atoms with van der Waals surface area (Å²) in [5.41, 5.74) is 1.23. The van der Waals surface area contributed by atoms with E-state index in [1.807, 2.05) is 0 Å². The molecule has 2 atom stereocenters. The van der Waals surface area contributed by atoms with Crippen LogP contribution in [0.4, 0.5) is 0 Å². The first kappa shape index (κ1) is 51.5. The van der Waals surface area contributed by atoms with Crippen molar-refractivity contribution in [1.82, 2.24) is 0 Å². The second-order valence-electron chi connectivity index (χ2n) is 11.8. The summed E-state index contributed by atoms with van der Waals surface area (Å²) in [7, 11) is 0. The number of carbonyl (C=O) groups is 4. The van der Waals surface area contributed by atoms with Crippen molar-refractivity contribution in [2.75, 3.05) is 132 Å². The molecule has 0 heterocycles. The summed E-state index contributed by atoms with van der Waals surface area (Å²) < 4.78 is 71.2. The van der Waals surface area contributed by atoms with Gasteiger partial charge < -0.3 is 61.6 Å². The fourth-order valence-corrected chi connectivity index (χ4v) is 3.51. The van der Waals surface area contributed by atoms with Crippen LogP contribution in [0.1, 0.15) is 27.7 Å². The molecule has 0 radical (unpaired) electrons. The Bertz CT molecular complexity index is 1050. The van der Waals surface area contributed by atoms with E-state index in [4.69, 9.17) is 61.6 Å². The first-order chi connectivity index (χ1) is 26.3. The van der Waals surface area contributed by atoms with Crippen molar-refractivity contribution in [3.8, 4) is 0 Å². The summed E-state index contributed by atoms with van der Waals surface area (Å²) in [5.74, 6) is -1.93. The SMILES string of the molecule is C=C(C)C(=O)OCCOCCOCC(COCC(COCCOCCOC(=O)C(=C)C)OCCOCCOC(=O)C(=C)C)OCCOCCOC(=O)C(=C)C. The summed E-state index contributed by atoms with van der Waals surface area (Å²) in [6.07, 6.45) is -0.971. The van der Waals surface area contributed by atoms with Crippen LogP contribution in [0, 0.1) is 0 Å². The zero-order chi connectivity index (χ0) is 41.1. The third kappa shape index (κ3) is 32.4. The molecule has 0 rings (SSSR count). The van der Waals surface area contributed by atoms with Gasteiger partial charge in [0.1, 0.15) is 38.6 Å². The normalized spacial score (nSPS) is 12.0. The Morgan fingerprint density at radius 2 is 0.545 bits per heavy atom. The van der Waals surface area contributed by atoms with Crippen LogP contribution in [0.25, 0.3) is 0 Å². The van der Waals surface area contributed by atoms with Gasteiger partial charge in [-0.05, 0) is 27.7 Å². The molecule has 55 heavy (non-hydrogen) atoms. The molecule has 0 aliphatic rings. The van der Waals surface area contributed by atoms with Crippen LogP contribution < -0.4 is 0 Å². The van der Waals surface area contributed by atoms with Gasteiger partial charge in [-0.3, -0.25) is 0 Å². The van der Waals surface area contributed by atoms with Crippen LogP contribution in [0.15, 0.2) is 48.6 Å².